The first-order chi connectivity index (χ1) is 12.3. The van der Waals surface area contributed by atoms with Crippen molar-refractivity contribution in [1.29, 1.82) is 0 Å². The highest BCUT2D eigenvalue weighted by molar-refractivity contribution is 6.16. The van der Waals surface area contributed by atoms with Gasteiger partial charge in [0.2, 0.25) is 0 Å². The van der Waals surface area contributed by atoms with Gasteiger partial charge in [0, 0.05) is 23.5 Å². The van der Waals surface area contributed by atoms with Gasteiger partial charge in [-0.2, -0.15) is 0 Å². The molecule has 3 aliphatic heterocycles. The molecule has 0 radical (unpaired) electrons. The van der Waals surface area contributed by atoms with Crippen molar-refractivity contribution in [2.24, 2.45) is 4.99 Å². The number of nitrogens with zero attached hydrogens (tertiary/aromatic N) is 4. The molecule has 2 unspecified atom stereocenters. The van der Waals surface area contributed by atoms with Crippen LogP contribution in [0.25, 0.3) is 0 Å². The Morgan fingerprint density at radius 3 is 2.76 bits per heavy atom. The topological polar surface area (TPSA) is 72.3 Å². The van der Waals surface area contributed by atoms with Gasteiger partial charge in [0.25, 0.3) is 0 Å². The highest BCUT2D eigenvalue weighted by atomic mass is 16.5. The van der Waals surface area contributed by atoms with Crippen molar-refractivity contribution in [1.82, 2.24) is 15.0 Å². The maximum Gasteiger partial charge on any atom is 0.136 e. The Balaban J connectivity index is 1.47. The van der Waals surface area contributed by atoms with Gasteiger partial charge in [-0.15, -0.1) is 0 Å². The van der Waals surface area contributed by atoms with Crippen LogP contribution in [0.5, 0.6) is 0 Å². The predicted octanol–water partition coefficient (Wildman–Crippen LogP) is 2.65. The van der Waals surface area contributed by atoms with Gasteiger partial charge in [0.15, 0.2) is 0 Å². The van der Waals surface area contributed by atoms with Crippen molar-refractivity contribution < 1.29 is 4.74 Å². The van der Waals surface area contributed by atoms with Gasteiger partial charge in [-0.3, -0.25) is 4.99 Å². The summed E-state index contributed by atoms with van der Waals surface area (Å²) >= 11 is 0. The third kappa shape index (κ3) is 2.70. The van der Waals surface area contributed by atoms with Crippen LogP contribution >= 0.6 is 0 Å². The van der Waals surface area contributed by atoms with Crippen LogP contribution in [0, 0.1) is 6.92 Å². The van der Waals surface area contributed by atoms with E-state index in [1.165, 1.54) is 18.4 Å². The van der Waals surface area contributed by atoms with Gasteiger partial charge in [-0.05, 0) is 50.3 Å². The SMILES string of the molecule is Cc1cc(C2=NCc3ccnc(NC4CC5CCC(C4)O5)c32)ncn1. The van der Waals surface area contributed by atoms with Gasteiger partial charge in [-0.25, -0.2) is 15.0 Å². The lowest BCUT2D eigenvalue weighted by molar-refractivity contribution is 0.000653. The minimum atomic E-state index is 0.408. The Bertz CT molecular complexity index is 837. The number of ether oxygens (including phenoxy) is 1. The van der Waals surface area contributed by atoms with E-state index in [0.29, 0.717) is 24.8 Å². The van der Waals surface area contributed by atoms with E-state index in [1.807, 2.05) is 19.2 Å². The molecular formula is C19H21N5O. The maximum atomic E-state index is 5.96. The second-order valence-corrected chi connectivity index (χ2v) is 7.17. The number of aliphatic imine (C=N–C) groups is 1. The minimum Gasteiger partial charge on any atom is -0.375 e. The molecule has 5 rings (SSSR count). The van der Waals surface area contributed by atoms with Crippen LogP contribution in [-0.2, 0) is 11.3 Å². The minimum absolute atomic E-state index is 0.408. The van der Waals surface area contributed by atoms with Crippen LogP contribution in [0.3, 0.4) is 0 Å². The number of anilines is 1. The van der Waals surface area contributed by atoms with Gasteiger partial charge >= 0.3 is 0 Å². The van der Waals surface area contributed by atoms with Gasteiger partial charge in [-0.1, -0.05) is 0 Å². The largest absolute Gasteiger partial charge is 0.375 e. The molecule has 6 heteroatoms. The average Bonchev–Trinajstić information content (AvgIpc) is 3.19. The standard InChI is InChI=1S/C19H21N5O/c1-11-6-16(23-10-22-11)18-17-12(9-21-18)4-5-20-19(17)24-13-7-14-2-3-15(8-13)25-14/h4-6,10,13-15H,2-3,7-9H2,1H3,(H,20,24). The number of rotatable bonds is 3. The summed E-state index contributed by atoms with van der Waals surface area (Å²) in [5, 5.41) is 3.68. The van der Waals surface area contributed by atoms with Crippen LogP contribution in [0.1, 0.15) is 48.2 Å². The fourth-order valence-corrected chi connectivity index (χ4v) is 4.21. The number of hydrogen-bond donors (Lipinski definition) is 1. The number of nitrogens with one attached hydrogen (secondary N) is 1. The molecule has 2 atom stereocenters. The van der Waals surface area contributed by atoms with Crippen molar-refractivity contribution >= 4 is 11.5 Å². The molecule has 2 aromatic heterocycles. The third-order valence-corrected chi connectivity index (χ3v) is 5.36. The molecule has 1 N–H and O–H groups in total. The summed E-state index contributed by atoms with van der Waals surface area (Å²) in [7, 11) is 0. The molecule has 0 aliphatic carbocycles. The number of fused-ring (bicyclic) bond motifs is 3. The quantitative estimate of drug-likeness (QED) is 0.933. The van der Waals surface area contributed by atoms with E-state index in [-0.39, 0.29) is 0 Å². The summed E-state index contributed by atoms with van der Waals surface area (Å²) < 4.78 is 5.96. The monoisotopic (exact) mass is 335 g/mol. The number of pyridine rings is 1. The first-order valence-corrected chi connectivity index (χ1v) is 9.00. The smallest absolute Gasteiger partial charge is 0.136 e. The molecule has 6 nitrogen and oxygen atoms in total. The number of aryl methyl sites for hydroxylation is 1. The fourth-order valence-electron chi connectivity index (χ4n) is 4.21. The number of hydrogen-bond acceptors (Lipinski definition) is 6. The lowest BCUT2D eigenvalue weighted by atomic mass is 10.0. The summed E-state index contributed by atoms with van der Waals surface area (Å²) in [4.78, 5) is 18.0. The molecule has 2 bridgehead atoms. The summed E-state index contributed by atoms with van der Waals surface area (Å²) in [6.07, 6.45) is 8.79. The summed E-state index contributed by atoms with van der Waals surface area (Å²) in [6.45, 7) is 2.66. The van der Waals surface area contributed by atoms with Crippen LogP contribution < -0.4 is 5.32 Å². The lowest BCUT2D eigenvalue weighted by Crippen LogP contribution is -2.34. The lowest BCUT2D eigenvalue weighted by Gasteiger charge is -2.30. The van der Waals surface area contributed by atoms with Crippen molar-refractivity contribution in [3.8, 4) is 0 Å². The van der Waals surface area contributed by atoms with Crippen LogP contribution in [0.2, 0.25) is 0 Å². The molecule has 25 heavy (non-hydrogen) atoms. The zero-order chi connectivity index (χ0) is 16.8. The fraction of sp³-hybridized carbons (Fsp3) is 0.474. The van der Waals surface area contributed by atoms with E-state index in [4.69, 9.17) is 9.73 Å². The average molecular weight is 335 g/mol. The predicted molar refractivity (Wildman–Crippen MR) is 94.9 cm³/mol. The van der Waals surface area contributed by atoms with E-state index in [2.05, 4.69) is 26.3 Å². The molecule has 5 heterocycles. The van der Waals surface area contributed by atoms with Crippen molar-refractivity contribution in [2.45, 2.75) is 57.4 Å². The Labute approximate surface area is 146 Å². The van der Waals surface area contributed by atoms with Crippen molar-refractivity contribution in [2.75, 3.05) is 5.32 Å². The zero-order valence-electron chi connectivity index (χ0n) is 14.3. The highest BCUT2D eigenvalue weighted by Crippen LogP contribution is 2.35. The van der Waals surface area contributed by atoms with E-state index >= 15 is 0 Å². The number of aromatic nitrogens is 3. The molecule has 2 aromatic rings. The first-order valence-electron chi connectivity index (χ1n) is 9.00. The maximum absolute atomic E-state index is 5.96. The molecule has 128 valence electrons. The van der Waals surface area contributed by atoms with Gasteiger partial charge in [0.05, 0.1) is 30.2 Å². The van der Waals surface area contributed by atoms with E-state index in [1.54, 1.807) is 6.33 Å². The van der Waals surface area contributed by atoms with Gasteiger partial charge in [0.1, 0.15) is 12.1 Å². The first kappa shape index (κ1) is 15.0. The zero-order valence-corrected chi connectivity index (χ0v) is 14.3. The van der Waals surface area contributed by atoms with Crippen molar-refractivity contribution in [3.63, 3.8) is 0 Å². The molecule has 3 aliphatic rings. The van der Waals surface area contributed by atoms with E-state index in [9.17, 15) is 0 Å². The summed E-state index contributed by atoms with van der Waals surface area (Å²) in [6, 6.07) is 4.46. The third-order valence-electron chi connectivity index (χ3n) is 5.36. The van der Waals surface area contributed by atoms with Crippen LogP contribution in [0.15, 0.2) is 29.6 Å². The van der Waals surface area contributed by atoms with E-state index < -0.39 is 0 Å². The molecule has 0 aromatic carbocycles. The highest BCUT2D eigenvalue weighted by Gasteiger charge is 2.35. The Morgan fingerprint density at radius 1 is 1.12 bits per heavy atom. The Morgan fingerprint density at radius 2 is 1.96 bits per heavy atom. The van der Waals surface area contributed by atoms with Crippen LogP contribution in [0.4, 0.5) is 5.82 Å². The molecule has 0 spiro atoms. The second kappa shape index (κ2) is 5.88. The molecule has 0 saturated carbocycles. The van der Waals surface area contributed by atoms with Gasteiger partial charge < -0.3 is 10.1 Å². The second-order valence-electron chi connectivity index (χ2n) is 7.17. The Hall–Kier alpha value is -2.34. The molecule has 2 fully saturated rings. The molecular weight excluding hydrogens is 314 g/mol. The van der Waals surface area contributed by atoms with Crippen LogP contribution in [-0.4, -0.2) is 38.9 Å². The summed E-state index contributed by atoms with van der Waals surface area (Å²) in [5.74, 6) is 0.927. The molecule has 0 amide bonds. The molecule has 2 saturated heterocycles. The van der Waals surface area contributed by atoms with Crippen molar-refractivity contribution in [3.05, 3.63) is 47.2 Å². The normalized spacial score (nSPS) is 27.1. The van der Waals surface area contributed by atoms with E-state index in [0.717, 1.165) is 41.3 Å². The summed E-state index contributed by atoms with van der Waals surface area (Å²) in [5.41, 5.74) is 5.04. The Kier molecular flexibility index (Phi) is 3.52.